The van der Waals surface area contributed by atoms with Gasteiger partial charge in [0.05, 0.1) is 4.47 Å². The van der Waals surface area contributed by atoms with Gasteiger partial charge in [0.25, 0.3) is 5.56 Å². The number of thiophene rings is 1. The predicted molar refractivity (Wildman–Crippen MR) is 74.4 cm³/mol. The van der Waals surface area contributed by atoms with Crippen LogP contribution in [0.25, 0.3) is 0 Å². The molecule has 17 heavy (non-hydrogen) atoms. The SMILES string of the molecule is O=c1c(Br)cccn1CCNCc1cccs1. The van der Waals surface area contributed by atoms with Gasteiger partial charge in [-0.05, 0) is 39.5 Å². The molecular weight excluding hydrogens is 300 g/mol. The first kappa shape index (κ1) is 12.5. The zero-order valence-electron chi connectivity index (χ0n) is 9.23. The van der Waals surface area contributed by atoms with Crippen LogP contribution >= 0.6 is 27.3 Å². The first-order valence-corrected chi connectivity index (χ1v) is 7.02. The van der Waals surface area contributed by atoms with Crippen LogP contribution in [0, 0.1) is 0 Å². The summed E-state index contributed by atoms with van der Waals surface area (Å²) in [6.07, 6.45) is 1.81. The largest absolute Gasteiger partial charge is 0.313 e. The molecule has 0 radical (unpaired) electrons. The van der Waals surface area contributed by atoms with Crippen LogP contribution < -0.4 is 10.9 Å². The van der Waals surface area contributed by atoms with Crippen LogP contribution in [0.4, 0.5) is 0 Å². The summed E-state index contributed by atoms with van der Waals surface area (Å²) in [5.74, 6) is 0. The van der Waals surface area contributed by atoms with Crippen molar-refractivity contribution in [1.29, 1.82) is 0 Å². The molecule has 2 aromatic heterocycles. The lowest BCUT2D eigenvalue weighted by Gasteiger charge is -2.06. The molecule has 5 heteroatoms. The van der Waals surface area contributed by atoms with E-state index in [-0.39, 0.29) is 5.56 Å². The van der Waals surface area contributed by atoms with E-state index in [1.807, 2.05) is 12.1 Å². The highest BCUT2D eigenvalue weighted by Crippen LogP contribution is 2.07. The van der Waals surface area contributed by atoms with Gasteiger partial charge < -0.3 is 9.88 Å². The highest BCUT2D eigenvalue weighted by atomic mass is 79.9. The first-order valence-electron chi connectivity index (χ1n) is 5.35. The van der Waals surface area contributed by atoms with Crippen LogP contribution in [0.2, 0.25) is 0 Å². The normalized spacial score (nSPS) is 10.6. The fourth-order valence-electron chi connectivity index (χ4n) is 1.51. The summed E-state index contributed by atoms with van der Waals surface area (Å²) in [5.41, 5.74) is 0.0189. The Hall–Kier alpha value is -0.910. The topological polar surface area (TPSA) is 34.0 Å². The lowest BCUT2D eigenvalue weighted by atomic mass is 10.4. The summed E-state index contributed by atoms with van der Waals surface area (Å²) >= 11 is 4.97. The Morgan fingerprint density at radius 1 is 1.35 bits per heavy atom. The van der Waals surface area contributed by atoms with E-state index >= 15 is 0 Å². The van der Waals surface area contributed by atoms with Gasteiger partial charge >= 0.3 is 0 Å². The second-order valence-electron chi connectivity index (χ2n) is 3.61. The van der Waals surface area contributed by atoms with Crippen LogP contribution in [0.5, 0.6) is 0 Å². The summed E-state index contributed by atoms with van der Waals surface area (Å²) in [4.78, 5) is 13.0. The monoisotopic (exact) mass is 312 g/mol. The van der Waals surface area contributed by atoms with Crippen molar-refractivity contribution in [2.45, 2.75) is 13.1 Å². The van der Waals surface area contributed by atoms with E-state index in [9.17, 15) is 4.79 Å². The molecule has 1 N–H and O–H groups in total. The fraction of sp³-hybridized carbons (Fsp3) is 0.250. The number of pyridine rings is 1. The maximum absolute atomic E-state index is 11.7. The molecule has 0 amide bonds. The number of halogens is 1. The van der Waals surface area contributed by atoms with Crippen LogP contribution in [-0.2, 0) is 13.1 Å². The molecule has 0 fully saturated rings. The molecule has 0 aromatic carbocycles. The van der Waals surface area contributed by atoms with Gasteiger partial charge in [-0.25, -0.2) is 0 Å². The second-order valence-corrected chi connectivity index (χ2v) is 5.50. The molecule has 0 spiro atoms. The molecule has 0 aliphatic rings. The zero-order chi connectivity index (χ0) is 12.1. The number of hydrogen-bond acceptors (Lipinski definition) is 3. The predicted octanol–water partition coefficient (Wildman–Crippen LogP) is 2.46. The molecule has 0 aliphatic carbocycles. The van der Waals surface area contributed by atoms with Crippen molar-refractivity contribution in [1.82, 2.24) is 9.88 Å². The Bertz CT molecular complexity index is 522. The van der Waals surface area contributed by atoms with Crippen molar-refractivity contribution in [3.05, 3.63) is 55.5 Å². The van der Waals surface area contributed by atoms with Crippen molar-refractivity contribution in [3.8, 4) is 0 Å². The van der Waals surface area contributed by atoms with Crippen LogP contribution in [0.3, 0.4) is 0 Å². The average Bonchev–Trinajstić information content (AvgIpc) is 2.83. The maximum Gasteiger partial charge on any atom is 0.264 e. The van der Waals surface area contributed by atoms with Gasteiger partial charge in [-0.15, -0.1) is 11.3 Å². The van der Waals surface area contributed by atoms with E-state index in [4.69, 9.17) is 0 Å². The molecule has 2 aromatic rings. The summed E-state index contributed by atoms with van der Waals surface area (Å²) < 4.78 is 2.31. The summed E-state index contributed by atoms with van der Waals surface area (Å²) in [6.45, 7) is 2.33. The minimum atomic E-state index is 0.0189. The maximum atomic E-state index is 11.7. The molecule has 0 aliphatic heterocycles. The van der Waals surface area contributed by atoms with Gasteiger partial charge in [-0.3, -0.25) is 4.79 Å². The third-order valence-electron chi connectivity index (χ3n) is 2.38. The van der Waals surface area contributed by atoms with Crippen LogP contribution in [0.15, 0.2) is 45.1 Å². The second kappa shape index (κ2) is 6.14. The fourth-order valence-corrected chi connectivity index (χ4v) is 2.56. The van der Waals surface area contributed by atoms with Gasteiger partial charge in [-0.1, -0.05) is 6.07 Å². The van der Waals surface area contributed by atoms with Crippen LogP contribution in [-0.4, -0.2) is 11.1 Å². The van der Waals surface area contributed by atoms with Gasteiger partial charge in [-0.2, -0.15) is 0 Å². The molecule has 90 valence electrons. The lowest BCUT2D eigenvalue weighted by molar-refractivity contribution is 0.586. The third kappa shape index (κ3) is 3.52. The Balaban J connectivity index is 1.82. The number of aromatic nitrogens is 1. The van der Waals surface area contributed by atoms with Crippen molar-refractivity contribution in [3.63, 3.8) is 0 Å². The molecule has 0 saturated heterocycles. The van der Waals surface area contributed by atoms with Gasteiger partial charge in [0.2, 0.25) is 0 Å². The number of hydrogen-bond donors (Lipinski definition) is 1. The quantitative estimate of drug-likeness (QED) is 0.861. The number of nitrogens with one attached hydrogen (secondary N) is 1. The summed E-state index contributed by atoms with van der Waals surface area (Å²) in [6, 6.07) is 7.77. The van der Waals surface area contributed by atoms with Gasteiger partial charge in [0.15, 0.2) is 0 Å². The van der Waals surface area contributed by atoms with Crippen molar-refractivity contribution < 1.29 is 0 Å². The molecule has 0 saturated carbocycles. The Morgan fingerprint density at radius 2 is 2.24 bits per heavy atom. The molecule has 0 bridgehead atoms. The number of rotatable bonds is 5. The van der Waals surface area contributed by atoms with Crippen LogP contribution in [0.1, 0.15) is 4.88 Å². The lowest BCUT2D eigenvalue weighted by Crippen LogP contribution is -2.26. The molecule has 0 unspecified atom stereocenters. The summed E-state index contributed by atoms with van der Waals surface area (Å²) in [5, 5.41) is 5.38. The highest BCUT2D eigenvalue weighted by Gasteiger charge is 1.99. The van der Waals surface area contributed by atoms with Gasteiger partial charge in [0.1, 0.15) is 0 Å². The smallest absolute Gasteiger partial charge is 0.264 e. The first-order chi connectivity index (χ1) is 8.27. The molecule has 0 atom stereocenters. The zero-order valence-corrected chi connectivity index (χ0v) is 11.6. The minimum absolute atomic E-state index is 0.0189. The van der Waals surface area contributed by atoms with Crippen molar-refractivity contribution in [2.24, 2.45) is 0 Å². The van der Waals surface area contributed by atoms with E-state index in [1.54, 1.807) is 28.2 Å². The molecule has 2 heterocycles. The van der Waals surface area contributed by atoms with E-state index in [0.717, 1.165) is 13.1 Å². The average molecular weight is 313 g/mol. The Kier molecular flexibility index (Phi) is 4.53. The van der Waals surface area contributed by atoms with E-state index in [2.05, 4.69) is 32.7 Å². The number of nitrogens with zero attached hydrogens (tertiary/aromatic N) is 1. The third-order valence-corrected chi connectivity index (χ3v) is 3.86. The van der Waals surface area contributed by atoms with E-state index in [0.29, 0.717) is 11.0 Å². The molecule has 2 rings (SSSR count). The Labute approximate surface area is 112 Å². The van der Waals surface area contributed by atoms with E-state index < -0.39 is 0 Å². The van der Waals surface area contributed by atoms with Gasteiger partial charge in [0, 0.05) is 30.7 Å². The highest BCUT2D eigenvalue weighted by molar-refractivity contribution is 9.10. The standard InChI is InChI=1S/C12H13BrN2OS/c13-11-4-1-6-15(12(11)16)7-5-14-9-10-3-2-8-17-10/h1-4,6,8,14H,5,7,9H2. The van der Waals surface area contributed by atoms with Crippen molar-refractivity contribution >= 4 is 27.3 Å². The minimum Gasteiger partial charge on any atom is -0.313 e. The molecule has 3 nitrogen and oxygen atoms in total. The Morgan fingerprint density at radius 3 is 3.00 bits per heavy atom. The van der Waals surface area contributed by atoms with E-state index in [1.165, 1.54) is 4.88 Å². The molecular formula is C12H13BrN2OS. The van der Waals surface area contributed by atoms with Crippen molar-refractivity contribution in [2.75, 3.05) is 6.54 Å². The summed E-state index contributed by atoms with van der Waals surface area (Å²) in [7, 11) is 0.